The fraction of sp³-hybridized carbons (Fsp3) is 0.385. The van der Waals surface area contributed by atoms with Gasteiger partial charge in [0.15, 0.2) is 0 Å². The Labute approximate surface area is 106 Å². The van der Waals surface area contributed by atoms with Crippen molar-refractivity contribution in [2.24, 2.45) is 11.7 Å². The van der Waals surface area contributed by atoms with Crippen LogP contribution in [0.3, 0.4) is 0 Å². The Hall–Kier alpha value is -1.88. The Balaban J connectivity index is 2.87. The molecule has 0 heterocycles. The van der Waals surface area contributed by atoms with Gasteiger partial charge in [0.25, 0.3) is 0 Å². The molecule has 0 aliphatic heterocycles. The Morgan fingerprint density at radius 2 is 1.72 bits per heavy atom. The summed E-state index contributed by atoms with van der Waals surface area (Å²) in [5, 5.41) is 8.78. The number of likely N-dealkylation sites (N-methyl/N-ethyl adjacent to an activating group) is 1. The van der Waals surface area contributed by atoms with E-state index in [1.165, 1.54) is 17.0 Å². The van der Waals surface area contributed by atoms with Crippen LogP contribution in [0.1, 0.15) is 24.2 Å². The van der Waals surface area contributed by atoms with Gasteiger partial charge in [0.05, 0.1) is 11.6 Å². The van der Waals surface area contributed by atoms with Crippen LogP contribution in [0.15, 0.2) is 24.3 Å². The summed E-state index contributed by atoms with van der Waals surface area (Å²) >= 11 is 0. The van der Waals surface area contributed by atoms with Crippen LogP contribution in [0.2, 0.25) is 0 Å². The molecule has 3 N–H and O–H groups in total. The number of hydrogen-bond acceptors (Lipinski definition) is 3. The van der Waals surface area contributed by atoms with Gasteiger partial charge in [0.2, 0.25) is 5.91 Å². The van der Waals surface area contributed by atoms with Gasteiger partial charge in [-0.2, -0.15) is 0 Å². The van der Waals surface area contributed by atoms with Crippen LogP contribution < -0.4 is 10.6 Å². The van der Waals surface area contributed by atoms with Crippen LogP contribution in [0, 0.1) is 5.92 Å². The van der Waals surface area contributed by atoms with Gasteiger partial charge in [-0.05, 0) is 30.2 Å². The van der Waals surface area contributed by atoms with Gasteiger partial charge in [-0.25, -0.2) is 4.79 Å². The molecule has 0 saturated carbocycles. The third-order valence-electron chi connectivity index (χ3n) is 2.84. The fourth-order valence-electron chi connectivity index (χ4n) is 1.46. The van der Waals surface area contributed by atoms with Crippen LogP contribution >= 0.6 is 0 Å². The van der Waals surface area contributed by atoms with Crippen molar-refractivity contribution in [2.75, 3.05) is 11.9 Å². The number of nitrogens with two attached hydrogens (primary N) is 1. The normalized spacial score (nSPS) is 12.3. The second-order valence-electron chi connectivity index (χ2n) is 4.52. The number of nitrogens with zero attached hydrogens (tertiary/aromatic N) is 1. The predicted molar refractivity (Wildman–Crippen MR) is 69.6 cm³/mol. The lowest BCUT2D eigenvalue weighted by Crippen LogP contribution is -2.45. The van der Waals surface area contributed by atoms with Crippen LogP contribution in [0.4, 0.5) is 5.69 Å². The third kappa shape index (κ3) is 3.07. The number of anilines is 1. The standard InChI is InChI=1S/C13H18N2O3/c1-8(2)11(14)12(16)15(3)10-6-4-9(5-7-10)13(17)18/h4-8,11H,14H2,1-3H3,(H,17,18)/t11-/m1/s1. The van der Waals surface area contributed by atoms with Gasteiger partial charge >= 0.3 is 5.97 Å². The number of carboxylic acid groups (broad SMARTS) is 1. The highest BCUT2D eigenvalue weighted by molar-refractivity contribution is 5.97. The second kappa shape index (κ2) is 5.64. The van der Waals surface area contributed by atoms with Gasteiger partial charge < -0.3 is 15.7 Å². The second-order valence-corrected chi connectivity index (χ2v) is 4.52. The zero-order valence-electron chi connectivity index (χ0n) is 10.8. The highest BCUT2D eigenvalue weighted by atomic mass is 16.4. The molecule has 1 rings (SSSR count). The van der Waals surface area contributed by atoms with Gasteiger partial charge in [-0.15, -0.1) is 0 Å². The summed E-state index contributed by atoms with van der Waals surface area (Å²) in [6.45, 7) is 3.76. The summed E-state index contributed by atoms with van der Waals surface area (Å²) in [5.41, 5.74) is 6.60. The molecule has 0 radical (unpaired) electrons. The largest absolute Gasteiger partial charge is 0.478 e. The fourth-order valence-corrected chi connectivity index (χ4v) is 1.46. The van der Waals surface area contributed by atoms with E-state index in [1.54, 1.807) is 19.2 Å². The summed E-state index contributed by atoms with van der Waals surface area (Å²) < 4.78 is 0. The molecule has 18 heavy (non-hydrogen) atoms. The molecular formula is C13H18N2O3. The number of carbonyl (C=O) groups excluding carboxylic acids is 1. The predicted octanol–water partition coefficient (Wildman–Crippen LogP) is 1.33. The van der Waals surface area contributed by atoms with Crippen molar-refractivity contribution >= 4 is 17.6 Å². The Bertz CT molecular complexity index is 440. The third-order valence-corrected chi connectivity index (χ3v) is 2.84. The molecule has 0 aliphatic carbocycles. The minimum atomic E-state index is -0.991. The Morgan fingerprint density at radius 3 is 2.11 bits per heavy atom. The van der Waals surface area contributed by atoms with Crippen LogP contribution in [-0.2, 0) is 4.79 Å². The molecule has 0 unspecified atom stereocenters. The molecule has 98 valence electrons. The number of amides is 1. The van der Waals surface area contributed by atoms with Gasteiger partial charge in [0, 0.05) is 12.7 Å². The van der Waals surface area contributed by atoms with Crippen molar-refractivity contribution < 1.29 is 14.7 Å². The summed E-state index contributed by atoms with van der Waals surface area (Å²) in [5.74, 6) is -1.12. The Morgan fingerprint density at radius 1 is 1.22 bits per heavy atom. The van der Waals surface area contributed by atoms with Crippen molar-refractivity contribution in [1.82, 2.24) is 0 Å². The lowest BCUT2D eigenvalue weighted by molar-refractivity contribution is -0.120. The van der Waals surface area contributed by atoms with E-state index in [2.05, 4.69) is 0 Å². The van der Waals surface area contributed by atoms with E-state index in [4.69, 9.17) is 10.8 Å². The molecule has 1 atom stereocenters. The minimum Gasteiger partial charge on any atom is -0.478 e. The first kappa shape index (κ1) is 14.2. The number of carbonyl (C=O) groups is 2. The zero-order chi connectivity index (χ0) is 13.9. The maximum absolute atomic E-state index is 12.0. The molecule has 0 fully saturated rings. The van der Waals surface area contributed by atoms with E-state index in [0.717, 1.165) is 0 Å². The van der Waals surface area contributed by atoms with Crippen LogP contribution in [0.5, 0.6) is 0 Å². The first-order valence-corrected chi connectivity index (χ1v) is 5.71. The topological polar surface area (TPSA) is 83.6 Å². The molecule has 5 nitrogen and oxygen atoms in total. The SMILES string of the molecule is CC(C)[C@@H](N)C(=O)N(C)c1ccc(C(=O)O)cc1. The zero-order valence-corrected chi connectivity index (χ0v) is 10.8. The van der Waals surface area contributed by atoms with E-state index < -0.39 is 12.0 Å². The van der Waals surface area contributed by atoms with E-state index in [1.807, 2.05) is 13.8 Å². The highest BCUT2D eigenvalue weighted by Crippen LogP contribution is 2.16. The summed E-state index contributed by atoms with van der Waals surface area (Å²) in [7, 11) is 1.63. The summed E-state index contributed by atoms with van der Waals surface area (Å²) in [6.07, 6.45) is 0. The quantitative estimate of drug-likeness (QED) is 0.844. The van der Waals surface area contributed by atoms with Crippen molar-refractivity contribution in [3.05, 3.63) is 29.8 Å². The van der Waals surface area contributed by atoms with Gasteiger partial charge in [-0.3, -0.25) is 4.79 Å². The number of benzene rings is 1. The summed E-state index contributed by atoms with van der Waals surface area (Å²) in [6, 6.07) is 5.54. The summed E-state index contributed by atoms with van der Waals surface area (Å²) in [4.78, 5) is 24.1. The molecule has 0 spiro atoms. The average molecular weight is 250 g/mol. The van der Waals surface area contributed by atoms with Crippen molar-refractivity contribution in [3.63, 3.8) is 0 Å². The number of hydrogen-bond donors (Lipinski definition) is 2. The van der Waals surface area contributed by atoms with Crippen molar-refractivity contribution in [2.45, 2.75) is 19.9 Å². The van der Waals surface area contributed by atoms with Crippen LogP contribution in [-0.4, -0.2) is 30.1 Å². The Kier molecular flexibility index (Phi) is 4.44. The molecule has 1 aromatic rings. The lowest BCUT2D eigenvalue weighted by Gasteiger charge is -2.23. The first-order chi connectivity index (χ1) is 8.34. The molecular weight excluding hydrogens is 232 g/mol. The molecule has 0 aliphatic rings. The first-order valence-electron chi connectivity index (χ1n) is 5.71. The molecule has 1 aromatic carbocycles. The smallest absolute Gasteiger partial charge is 0.335 e. The van der Waals surface area contributed by atoms with Crippen molar-refractivity contribution in [1.29, 1.82) is 0 Å². The van der Waals surface area contributed by atoms with Gasteiger partial charge in [0.1, 0.15) is 0 Å². The van der Waals surface area contributed by atoms with Crippen LogP contribution in [0.25, 0.3) is 0 Å². The number of rotatable bonds is 4. The maximum atomic E-state index is 12.0. The number of aromatic carboxylic acids is 1. The lowest BCUT2D eigenvalue weighted by atomic mass is 10.0. The van der Waals surface area contributed by atoms with E-state index >= 15 is 0 Å². The van der Waals surface area contributed by atoms with E-state index in [0.29, 0.717) is 5.69 Å². The molecule has 5 heteroatoms. The monoisotopic (exact) mass is 250 g/mol. The number of carboxylic acids is 1. The van der Waals surface area contributed by atoms with Crippen molar-refractivity contribution in [3.8, 4) is 0 Å². The van der Waals surface area contributed by atoms with E-state index in [9.17, 15) is 9.59 Å². The highest BCUT2D eigenvalue weighted by Gasteiger charge is 2.22. The minimum absolute atomic E-state index is 0.0539. The molecule has 0 aromatic heterocycles. The maximum Gasteiger partial charge on any atom is 0.335 e. The molecule has 0 bridgehead atoms. The van der Waals surface area contributed by atoms with E-state index in [-0.39, 0.29) is 17.4 Å². The van der Waals surface area contributed by atoms with Gasteiger partial charge in [-0.1, -0.05) is 13.8 Å². The average Bonchev–Trinajstić information content (AvgIpc) is 2.36. The molecule has 1 amide bonds. The molecule has 0 saturated heterocycles.